The van der Waals surface area contributed by atoms with Crippen molar-refractivity contribution in [1.29, 1.82) is 0 Å². The molecule has 1 N–H and O–H groups in total. The fourth-order valence-electron chi connectivity index (χ4n) is 1.82. The Morgan fingerprint density at radius 2 is 2.15 bits per heavy atom. The van der Waals surface area contributed by atoms with E-state index in [1.807, 2.05) is 13.8 Å². The van der Waals surface area contributed by atoms with Crippen LogP contribution in [0.2, 0.25) is 0 Å². The lowest BCUT2D eigenvalue weighted by Crippen LogP contribution is -2.35. The average Bonchev–Trinajstić information content (AvgIpc) is 2.35. The Balaban J connectivity index is 3.19. The second kappa shape index (κ2) is 6.74. The minimum absolute atomic E-state index is 0.0537. The molecule has 0 heterocycles. The molecule has 0 aliphatic carbocycles. The van der Waals surface area contributed by atoms with Gasteiger partial charge in [0.15, 0.2) is 5.75 Å². The van der Waals surface area contributed by atoms with E-state index in [2.05, 4.69) is 0 Å². The summed E-state index contributed by atoms with van der Waals surface area (Å²) in [4.78, 5) is 22.9. The molecule has 20 heavy (non-hydrogen) atoms. The molecule has 1 aromatic rings. The minimum atomic E-state index is -0.963. The molecular formula is C13H18N2O5. The first-order chi connectivity index (χ1) is 9.36. The number of benzene rings is 1. The molecular weight excluding hydrogens is 264 g/mol. The van der Waals surface area contributed by atoms with Gasteiger partial charge in [0.05, 0.1) is 11.5 Å². The van der Waals surface area contributed by atoms with Gasteiger partial charge in [0, 0.05) is 23.9 Å². The van der Waals surface area contributed by atoms with Crippen molar-refractivity contribution in [1.82, 2.24) is 0 Å². The van der Waals surface area contributed by atoms with Gasteiger partial charge in [-0.25, -0.2) is 0 Å². The van der Waals surface area contributed by atoms with Gasteiger partial charge in [0.2, 0.25) is 0 Å². The fourth-order valence-corrected chi connectivity index (χ4v) is 1.82. The molecule has 0 saturated heterocycles. The Labute approximate surface area is 116 Å². The highest BCUT2D eigenvalue weighted by molar-refractivity contribution is 5.74. The van der Waals surface area contributed by atoms with E-state index in [1.165, 1.54) is 18.2 Å². The molecule has 0 radical (unpaired) electrons. The SMILES string of the molecule is CCOc1cc(N(CC(=O)O)C(C)C)ccc1[N+](=O)[O-]. The molecule has 0 amide bonds. The Morgan fingerprint density at radius 1 is 1.50 bits per heavy atom. The Hall–Kier alpha value is -2.31. The molecule has 110 valence electrons. The number of nitro groups is 1. The third-order valence-corrected chi connectivity index (χ3v) is 2.70. The van der Waals surface area contributed by atoms with Crippen molar-refractivity contribution in [3.63, 3.8) is 0 Å². The zero-order valence-corrected chi connectivity index (χ0v) is 11.7. The number of nitro benzene ring substituents is 1. The van der Waals surface area contributed by atoms with Gasteiger partial charge in [-0.05, 0) is 26.8 Å². The molecule has 7 nitrogen and oxygen atoms in total. The summed E-state index contributed by atoms with van der Waals surface area (Å²) in [5, 5.41) is 19.8. The van der Waals surface area contributed by atoms with E-state index in [4.69, 9.17) is 9.84 Å². The van der Waals surface area contributed by atoms with Crippen molar-refractivity contribution in [3.05, 3.63) is 28.3 Å². The lowest BCUT2D eigenvalue weighted by Gasteiger charge is -2.27. The molecule has 0 aliphatic rings. The number of carboxylic acid groups (broad SMARTS) is 1. The van der Waals surface area contributed by atoms with Crippen LogP contribution in [-0.4, -0.2) is 35.2 Å². The van der Waals surface area contributed by atoms with E-state index in [9.17, 15) is 14.9 Å². The lowest BCUT2D eigenvalue weighted by molar-refractivity contribution is -0.385. The summed E-state index contributed by atoms with van der Waals surface area (Å²) in [5.74, 6) is -0.818. The van der Waals surface area contributed by atoms with Crippen molar-refractivity contribution in [2.45, 2.75) is 26.8 Å². The zero-order valence-electron chi connectivity index (χ0n) is 11.7. The monoisotopic (exact) mass is 282 g/mol. The number of anilines is 1. The quantitative estimate of drug-likeness (QED) is 0.609. The van der Waals surface area contributed by atoms with Gasteiger partial charge in [-0.2, -0.15) is 0 Å². The van der Waals surface area contributed by atoms with E-state index in [1.54, 1.807) is 11.8 Å². The first-order valence-corrected chi connectivity index (χ1v) is 6.26. The van der Waals surface area contributed by atoms with Gasteiger partial charge in [0.25, 0.3) is 0 Å². The minimum Gasteiger partial charge on any atom is -0.487 e. The summed E-state index contributed by atoms with van der Waals surface area (Å²) in [5.41, 5.74) is 0.450. The standard InChI is InChI=1S/C13H18N2O5/c1-4-20-12-7-10(5-6-11(12)15(18)19)14(9(2)3)8-13(16)17/h5-7,9H,4,8H2,1-3H3,(H,16,17). The number of carbonyl (C=O) groups is 1. The molecule has 0 aliphatic heterocycles. The summed E-state index contributed by atoms with van der Waals surface area (Å²) < 4.78 is 5.26. The third kappa shape index (κ3) is 3.84. The topological polar surface area (TPSA) is 92.9 Å². The number of hydrogen-bond donors (Lipinski definition) is 1. The highest BCUT2D eigenvalue weighted by atomic mass is 16.6. The van der Waals surface area contributed by atoms with Gasteiger partial charge in [0.1, 0.15) is 6.54 Å². The van der Waals surface area contributed by atoms with Gasteiger partial charge in [-0.3, -0.25) is 14.9 Å². The molecule has 0 aromatic heterocycles. The number of nitrogens with zero attached hydrogens (tertiary/aromatic N) is 2. The predicted octanol–water partition coefficient (Wildman–Crippen LogP) is 2.29. The van der Waals surface area contributed by atoms with Crippen molar-refractivity contribution < 1.29 is 19.6 Å². The average molecular weight is 282 g/mol. The van der Waals surface area contributed by atoms with E-state index >= 15 is 0 Å². The summed E-state index contributed by atoms with van der Waals surface area (Å²) >= 11 is 0. The van der Waals surface area contributed by atoms with Crippen molar-refractivity contribution in [3.8, 4) is 5.75 Å². The van der Waals surface area contributed by atoms with Crippen LogP contribution in [0.5, 0.6) is 5.75 Å². The number of rotatable bonds is 7. The van der Waals surface area contributed by atoms with Crippen LogP contribution in [-0.2, 0) is 4.79 Å². The van der Waals surface area contributed by atoms with E-state index in [0.29, 0.717) is 12.3 Å². The Bertz CT molecular complexity index is 502. The van der Waals surface area contributed by atoms with Crippen LogP contribution in [0.3, 0.4) is 0 Å². The van der Waals surface area contributed by atoms with Crippen molar-refractivity contribution in [2.75, 3.05) is 18.1 Å². The molecule has 0 bridgehead atoms. The number of ether oxygens (including phenoxy) is 1. The first-order valence-electron chi connectivity index (χ1n) is 6.26. The number of hydrogen-bond acceptors (Lipinski definition) is 5. The maximum absolute atomic E-state index is 10.9. The maximum Gasteiger partial charge on any atom is 0.323 e. The molecule has 0 fully saturated rings. The second-order valence-electron chi connectivity index (χ2n) is 4.46. The van der Waals surface area contributed by atoms with Crippen molar-refractivity contribution in [2.24, 2.45) is 0 Å². The van der Waals surface area contributed by atoms with Gasteiger partial charge in [-0.15, -0.1) is 0 Å². The summed E-state index contributed by atoms with van der Waals surface area (Å²) in [6, 6.07) is 4.31. The smallest absolute Gasteiger partial charge is 0.323 e. The van der Waals surface area contributed by atoms with Gasteiger partial charge >= 0.3 is 11.7 Å². The Kier molecular flexibility index (Phi) is 5.31. The van der Waals surface area contributed by atoms with Gasteiger partial charge < -0.3 is 14.7 Å². The maximum atomic E-state index is 10.9. The number of carboxylic acids is 1. The summed E-state index contributed by atoms with van der Waals surface area (Å²) in [6.07, 6.45) is 0. The molecule has 7 heteroatoms. The van der Waals surface area contributed by atoms with Crippen molar-refractivity contribution >= 4 is 17.3 Å². The normalized spacial score (nSPS) is 10.4. The van der Waals surface area contributed by atoms with Crippen LogP contribution in [0.4, 0.5) is 11.4 Å². The summed E-state index contributed by atoms with van der Waals surface area (Å²) in [6.45, 7) is 5.55. The second-order valence-corrected chi connectivity index (χ2v) is 4.46. The van der Waals surface area contributed by atoms with Crippen LogP contribution in [0.15, 0.2) is 18.2 Å². The predicted molar refractivity (Wildman–Crippen MR) is 74.4 cm³/mol. The molecule has 0 unspecified atom stereocenters. The van der Waals surface area contributed by atoms with E-state index in [0.717, 1.165) is 0 Å². The van der Waals surface area contributed by atoms with Crippen LogP contribution >= 0.6 is 0 Å². The van der Waals surface area contributed by atoms with Crippen LogP contribution < -0.4 is 9.64 Å². The summed E-state index contributed by atoms with van der Waals surface area (Å²) in [7, 11) is 0. The molecule has 1 aromatic carbocycles. The molecule has 1 rings (SSSR count). The Morgan fingerprint density at radius 3 is 2.60 bits per heavy atom. The van der Waals surface area contributed by atoms with Gasteiger partial charge in [-0.1, -0.05) is 0 Å². The van der Waals surface area contributed by atoms with Crippen LogP contribution in [0, 0.1) is 10.1 Å². The van der Waals surface area contributed by atoms with Crippen LogP contribution in [0.25, 0.3) is 0 Å². The fraction of sp³-hybridized carbons (Fsp3) is 0.462. The third-order valence-electron chi connectivity index (χ3n) is 2.70. The zero-order chi connectivity index (χ0) is 15.3. The molecule has 0 spiro atoms. The largest absolute Gasteiger partial charge is 0.487 e. The highest BCUT2D eigenvalue weighted by Crippen LogP contribution is 2.32. The molecule has 0 atom stereocenters. The highest BCUT2D eigenvalue weighted by Gasteiger charge is 2.20. The molecule has 0 saturated carbocycles. The van der Waals surface area contributed by atoms with E-state index in [-0.39, 0.29) is 24.0 Å². The van der Waals surface area contributed by atoms with Crippen LogP contribution in [0.1, 0.15) is 20.8 Å². The lowest BCUT2D eigenvalue weighted by atomic mass is 10.2. The number of aliphatic carboxylic acids is 1. The van der Waals surface area contributed by atoms with E-state index < -0.39 is 10.9 Å². The first kappa shape index (κ1) is 15.7.